The van der Waals surface area contributed by atoms with Crippen LogP contribution in [0.3, 0.4) is 0 Å². The number of carboxylic acids is 1. The van der Waals surface area contributed by atoms with Gasteiger partial charge in [0.05, 0.1) is 0 Å². The van der Waals surface area contributed by atoms with Gasteiger partial charge in [-0.05, 0) is 13.3 Å². The van der Waals surface area contributed by atoms with Crippen molar-refractivity contribution in [3.05, 3.63) is 36.0 Å². The molecule has 0 aromatic carbocycles. The minimum Gasteiger partial charge on any atom is -0.478 e. The molecule has 2 nitrogen and oxygen atoms in total. The van der Waals surface area contributed by atoms with Gasteiger partial charge in [0.15, 0.2) is 0 Å². The molecule has 0 radical (unpaired) electrons. The predicted molar refractivity (Wildman–Crippen MR) is 54.6 cm³/mol. The molecule has 0 unspecified atom stereocenters. The number of unbranched alkanes of at least 4 members (excludes halogenated alkanes) is 1. The number of aliphatic carboxylic acids is 1. The first-order chi connectivity index (χ1) is 6.18. The van der Waals surface area contributed by atoms with Crippen LogP contribution in [0, 0.1) is 0 Å². The molecule has 0 heterocycles. The molecule has 0 aliphatic rings. The molecule has 0 bridgehead atoms. The Bertz CT molecular complexity index is 234. The molecule has 0 aromatic heterocycles. The van der Waals surface area contributed by atoms with E-state index in [4.69, 9.17) is 5.11 Å². The minimum atomic E-state index is -0.873. The average molecular weight is 180 g/mol. The quantitative estimate of drug-likeness (QED) is 0.521. The highest BCUT2D eigenvalue weighted by molar-refractivity contribution is 5.86. The molecule has 1 N–H and O–H groups in total. The number of hydrogen-bond acceptors (Lipinski definition) is 1. The summed E-state index contributed by atoms with van der Waals surface area (Å²) < 4.78 is 0. The van der Waals surface area contributed by atoms with Crippen molar-refractivity contribution in [3.8, 4) is 0 Å². The van der Waals surface area contributed by atoms with Gasteiger partial charge >= 0.3 is 5.97 Å². The van der Waals surface area contributed by atoms with Crippen LogP contribution in [0.4, 0.5) is 0 Å². The summed E-state index contributed by atoms with van der Waals surface area (Å²) in [5.74, 6) is -0.873. The number of hydrogen-bond donors (Lipinski definition) is 1. The first-order valence-corrected chi connectivity index (χ1v) is 4.42. The third-order valence-electron chi connectivity index (χ3n) is 1.50. The lowest BCUT2D eigenvalue weighted by atomic mass is 10.2. The predicted octanol–water partition coefficient (Wildman–Crippen LogP) is 2.93. The van der Waals surface area contributed by atoms with Crippen molar-refractivity contribution in [2.45, 2.75) is 26.7 Å². The second-order valence-corrected chi connectivity index (χ2v) is 2.76. The van der Waals surface area contributed by atoms with Crippen LogP contribution in [0.2, 0.25) is 0 Å². The molecule has 0 aliphatic carbocycles. The molecule has 13 heavy (non-hydrogen) atoms. The number of carbonyl (C=O) groups is 1. The van der Waals surface area contributed by atoms with E-state index in [1.165, 1.54) is 0 Å². The van der Waals surface area contributed by atoms with E-state index in [2.05, 4.69) is 13.0 Å². The average Bonchev–Trinajstić information content (AvgIpc) is 2.10. The summed E-state index contributed by atoms with van der Waals surface area (Å²) in [5, 5.41) is 8.50. The second kappa shape index (κ2) is 7.35. The number of carboxylic acid groups (broad SMARTS) is 1. The summed E-state index contributed by atoms with van der Waals surface area (Å²) in [6.07, 6.45) is 11.3. The Labute approximate surface area is 79.3 Å². The number of rotatable bonds is 5. The summed E-state index contributed by atoms with van der Waals surface area (Å²) in [6.45, 7) is 3.69. The zero-order valence-corrected chi connectivity index (χ0v) is 8.16. The molecular weight excluding hydrogens is 164 g/mol. The lowest BCUT2D eigenvalue weighted by molar-refractivity contribution is -0.132. The zero-order valence-electron chi connectivity index (χ0n) is 8.16. The van der Waals surface area contributed by atoms with Gasteiger partial charge in [0.2, 0.25) is 0 Å². The van der Waals surface area contributed by atoms with Gasteiger partial charge in [-0.15, -0.1) is 0 Å². The van der Waals surface area contributed by atoms with E-state index in [9.17, 15) is 4.79 Å². The van der Waals surface area contributed by atoms with Crippen LogP contribution in [0.25, 0.3) is 0 Å². The summed E-state index contributed by atoms with van der Waals surface area (Å²) in [7, 11) is 0. The summed E-state index contributed by atoms with van der Waals surface area (Å²) in [5.41, 5.74) is 0.347. The molecule has 2 heteroatoms. The van der Waals surface area contributed by atoms with Gasteiger partial charge < -0.3 is 5.11 Å². The molecule has 72 valence electrons. The van der Waals surface area contributed by atoms with Gasteiger partial charge in [-0.3, -0.25) is 0 Å². The van der Waals surface area contributed by atoms with E-state index in [0.717, 1.165) is 12.8 Å². The fraction of sp³-hybridized carbons (Fsp3) is 0.364. The van der Waals surface area contributed by atoms with Crippen molar-refractivity contribution in [3.63, 3.8) is 0 Å². The highest BCUT2D eigenvalue weighted by Gasteiger charge is 1.94. The van der Waals surface area contributed by atoms with E-state index in [0.29, 0.717) is 5.57 Å². The maximum atomic E-state index is 10.3. The maximum Gasteiger partial charge on any atom is 0.331 e. The monoisotopic (exact) mass is 180 g/mol. The molecule has 0 saturated carbocycles. The zero-order chi connectivity index (χ0) is 10.1. The molecule has 0 atom stereocenters. The minimum absolute atomic E-state index is 0.347. The lowest BCUT2D eigenvalue weighted by Crippen LogP contribution is -1.94. The topological polar surface area (TPSA) is 37.3 Å². The largest absolute Gasteiger partial charge is 0.478 e. The van der Waals surface area contributed by atoms with Crippen LogP contribution >= 0.6 is 0 Å². The van der Waals surface area contributed by atoms with Crippen LogP contribution < -0.4 is 0 Å². The Morgan fingerprint density at radius 3 is 2.54 bits per heavy atom. The number of allylic oxidation sites excluding steroid dienone is 5. The SMILES string of the molecule is CCCC=CC=CC=C(C)C(=O)O. The van der Waals surface area contributed by atoms with E-state index < -0.39 is 5.97 Å². The molecule has 0 saturated heterocycles. The molecule has 0 rings (SSSR count). The Morgan fingerprint density at radius 2 is 2.00 bits per heavy atom. The summed E-state index contributed by atoms with van der Waals surface area (Å²) in [6, 6.07) is 0. The summed E-state index contributed by atoms with van der Waals surface area (Å²) >= 11 is 0. The third-order valence-corrected chi connectivity index (χ3v) is 1.50. The second-order valence-electron chi connectivity index (χ2n) is 2.76. The Kier molecular flexibility index (Phi) is 6.60. The third kappa shape index (κ3) is 7.06. The van der Waals surface area contributed by atoms with Crippen molar-refractivity contribution >= 4 is 5.97 Å². The Hall–Kier alpha value is -1.31. The van der Waals surface area contributed by atoms with E-state index >= 15 is 0 Å². The van der Waals surface area contributed by atoms with Crippen LogP contribution in [-0.2, 0) is 4.79 Å². The van der Waals surface area contributed by atoms with Gasteiger partial charge in [-0.1, -0.05) is 43.7 Å². The lowest BCUT2D eigenvalue weighted by Gasteiger charge is -1.86. The van der Waals surface area contributed by atoms with Crippen LogP contribution in [0.5, 0.6) is 0 Å². The van der Waals surface area contributed by atoms with Crippen LogP contribution in [0.15, 0.2) is 36.0 Å². The van der Waals surface area contributed by atoms with Gasteiger partial charge in [-0.2, -0.15) is 0 Å². The normalized spacial score (nSPS) is 12.9. The van der Waals surface area contributed by atoms with Crippen molar-refractivity contribution in [2.24, 2.45) is 0 Å². The Morgan fingerprint density at radius 1 is 1.31 bits per heavy atom. The maximum absolute atomic E-state index is 10.3. The van der Waals surface area contributed by atoms with Crippen molar-refractivity contribution in [1.82, 2.24) is 0 Å². The molecular formula is C11H16O2. The van der Waals surface area contributed by atoms with Crippen molar-refractivity contribution in [2.75, 3.05) is 0 Å². The highest BCUT2D eigenvalue weighted by Crippen LogP contribution is 1.93. The summed E-state index contributed by atoms with van der Waals surface area (Å²) in [4.78, 5) is 10.3. The first-order valence-electron chi connectivity index (χ1n) is 4.42. The molecule has 0 spiro atoms. The fourth-order valence-corrected chi connectivity index (χ4v) is 0.677. The molecule has 0 fully saturated rings. The Balaban J connectivity index is 3.87. The van der Waals surface area contributed by atoms with Gasteiger partial charge in [0.1, 0.15) is 0 Å². The molecule has 0 amide bonds. The molecule has 0 aromatic rings. The molecule has 0 aliphatic heterocycles. The van der Waals surface area contributed by atoms with E-state index in [-0.39, 0.29) is 0 Å². The highest BCUT2D eigenvalue weighted by atomic mass is 16.4. The van der Waals surface area contributed by atoms with Gasteiger partial charge in [0, 0.05) is 5.57 Å². The smallest absolute Gasteiger partial charge is 0.331 e. The van der Waals surface area contributed by atoms with Crippen LogP contribution in [0.1, 0.15) is 26.7 Å². The van der Waals surface area contributed by atoms with Gasteiger partial charge in [-0.25, -0.2) is 4.79 Å². The fourth-order valence-electron chi connectivity index (χ4n) is 0.677. The van der Waals surface area contributed by atoms with Gasteiger partial charge in [0.25, 0.3) is 0 Å². The van der Waals surface area contributed by atoms with Crippen LogP contribution in [-0.4, -0.2) is 11.1 Å². The first kappa shape index (κ1) is 11.7. The van der Waals surface area contributed by atoms with E-state index in [1.807, 2.05) is 12.2 Å². The van der Waals surface area contributed by atoms with E-state index in [1.54, 1.807) is 19.1 Å². The van der Waals surface area contributed by atoms with Crippen molar-refractivity contribution < 1.29 is 9.90 Å². The van der Waals surface area contributed by atoms with Crippen molar-refractivity contribution in [1.29, 1.82) is 0 Å². The standard InChI is InChI=1S/C11H16O2/c1-3-4-5-6-7-8-9-10(2)11(12)13/h5-9H,3-4H2,1-2H3,(H,12,13).